The molecule has 0 saturated carbocycles. The standard InChI is InChI=1S/C18H18F2N2O2/c19-18(20)24-16-4-2-1-3-13(16)8-17(23)22-9-12-5-6-14-10-21-11-15(14)7-12/h1-7,18,21H,8-11H2,(H,22,23). The molecule has 2 aromatic carbocycles. The molecular weight excluding hydrogens is 314 g/mol. The number of para-hydroxylation sites is 1. The van der Waals surface area contributed by atoms with Crippen LogP contribution in [0.15, 0.2) is 42.5 Å². The Morgan fingerprint density at radius 3 is 2.79 bits per heavy atom. The van der Waals surface area contributed by atoms with Gasteiger partial charge < -0.3 is 15.4 Å². The van der Waals surface area contributed by atoms with Crippen LogP contribution in [0.3, 0.4) is 0 Å². The molecule has 0 aromatic heterocycles. The summed E-state index contributed by atoms with van der Waals surface area (Å²) in [7, 11) is 0. The number of halogens is 2. The first kappa shape index (κ1) is 16.4. The van der Waals surface area contributed by atoms with Crippen molar-refractivity contribution in [3.05, 3.63) is 64.7 Å². The van der Waals surface area contributed by atoms with Crippen LogP contribution < -0.4 is 15.4 Å². The Balaban J connectivity index is 1.58. The van der Waals surface area contributed by atoms with E-state index in [1.165, 1.54) is 17.2 Å². The number of hydrogen-bond acceptors (Lipinski definition) is 3. The minimum absolute atomic E-state index is 0.00457. The molecule has 3 rings (SSSR count). The second-order valence-corrected chi connectivity index (χ2v) is 5.65. The fraction of sp³-hybridized carbons (Fsp3) is 0.278. The first-order chi connectivity index (χ1) is 11.6. The quantitative estimate of drug-likeness (QED) is 0.855. The average molecular weight is 332 g/mol. The van der Waals surface area contributed by atoms with Crippen molar-refractivity contribution in [1.82, 2.24) is 10.6 Å². The van der Waals surface area contributed by atoms with Gasteiger partial charge >= 0.3 is 6.61 Å². The van der Waals surface area contributed by atoms with Crippen molar-refractivity contribution in [1.29, 1.82) is 0 Å². The molecule has 24 heavy (non-hydrogen) atoms. The van der Waals surface area contributed by atoms with E-state index in [0.29, 0.717) is 12.1 Å². The molecule has 0 bridgehead atoms. The van der Waals surface area contributed by atoms with Crippen molar-refractivity contribution in [2.75, 3.05) is 0 Å². The van der Waals surface area contributed by atoms with Crippen LogP contribution in [0.25, 0.3) is 0 Å². The Labute approximate surface area is 138 Å². The van der Waals surface area contributed by atoms with Gasteiger partial charge in [0.2, 0.25) is 5.91 Å². The predicted octanol–water partition coefficient (Wildman–Crippen LogP) is 2.75. The lowest BCUT2D eigenvalue weighted by Crippen LogP contribution is -2.25. The maximum absolute atomic E-state index is 12.4. The summed E-state index contributed by atoms with van der Waals surface area (Å²) in [6.07, 6.45) is -0.00457. The Morgan fingerprint density at radius 1 is 1.17 bits per heavy atom. The number of rotatable bonds is 6. The monoisotopic (exact) mass is 332 g/mol. The highest BCUT2D eigenvalue weighted by Gasteiger charge is 2.13. The summed E-state index contributed by atoms with van der Waals surface area (Å²) in [6.45, 7) is -0.781. The molecule has 0 unspecified atom stereocenters. The zero-order valence-corrected chi connectivity index (χ0v) is 13.0. The molecule has 4 nitrogen and oxygen atoms in total. The van der Waals surface area contributed by atoms with Crippen LogP contribution in [-0.4, -0.2) is 12.5 Å². The van der Waals surface area contributed by atoms with Crippen LogP contribution in [0.1, 0.15) is 22.3 Å². The molecule has 1 aliphatic heterocycles. The number of nitrogens with one attached hydrogen (secondary N) is 2. The van der Waals surface area contributed by atoms with Crippen molar-refractivity contribution in [2.45, 2.75) is 32.7 Å². The summed E-state index contributed by atoms with van der Waals surface area (Å²) in [6, 6.07) is 12.4. The van der Waals surface area contributed by atoms with Gasteiger partial charge in [-0.2, -0.15) is 8.78 Å². The van der Waals surface area contributed by atoms with E-state index in [-0.39, 0.29) is 18.1 Å². The molecule has 0 aliphatic carbocycles. The first-order valence-electron chi connectivity index (χ1n) is 7.72. The number of hydrogen-bond donors (Lipinski definition) is 2. The van der Waals surface area contributed by atoms with Gasteiger partial charge in [-0.05, 0) is 22.8 Å². The van der Waals surface area contributed by atoms with Gasteiger partial charge in [-0.15, -0.1) is 0 Å². The van der Waals surface area contributed by atoms with Crippen molar-refractivity contribution in [3.63, 3.8) is 0 Å². The third-order valence-electron chi connectivity index (χ3n) is 3.93. The van der Waals surface area contributed by atoms with Crippen molar-refractivity contribution >= 4 is 5.91 Å². The molecule has 6 heteroatoms. The predicted molar refractivity (Wildman–Crippen MR) is 85.6 cm³/mol. The SMILES string of the molecule is O=C(Cc1ccccc1OC(F)F)NCc1ccc2c(c1)CNC2. The van der Waals surface area contributed by atoms with Gasteiger partial charge in [0.05, 0.1) is 6.42 Å². The van der Waals surface area contributed by atoms with Gasteiger partial charge in [0.15, 0.2) is 0 Å². The normalized spacial score (nSPS) is 13.0. The van der Waals surface area contributed by atoms with Gasteiger partial charge in [-0.25, -0.2) is 0 Å². The molecule has 0 spiro atoms. The molecular formula is C18H18F2N2O2. The van der Waals surface area contributed by atoms with E-state index in [1.54, 1.807) is 18.2 Å². The second kappa shape index (κ2) is 7.40. The Bertz CT molecular complexity index is 735. The van der Waals surface area contributed by atoms with E-state index < -0.39 is 6.61 Å². The van der Waals surface area contributed by atoms with E-state index in [2.05, 4.69) is 27.5 Å². The molecule has 1 aliphatic rings. The highest BCUT2D eigenvalue weighted by Crippen LogP contribution is 2.21. The lowest BCUT2D eigenvalue weighted by Gasteiger charge is -2.11. The third-order valence-corrected chi connectivity index (χ3v) is 3.93. The molecule has 0 fully saturated rings. The number of benzene rings is 2. The summed E-state index contributed by atoms with van der Waals surface area (Å²) in [4.78, 5) is 12.1. The Hall–Kier alpha value is -2.47. The summed E-state index contributed by atoms with van der Waals surface area (Å²) < 4.78 is 29.2. The largest absolute Gasteiger partial charge is 0.435 e. The maximum Gasteiger partial charge on any atom is 0.387 e. The van der Waals surface area contributed by atoms with Crippen molar-refractivity contribution < 1.29 is 18.3 Å². The molecule has 2 N–H and O–H groups in total. The van der Waals surface area contributed by atoms with Gasteiger partial charge in [0.25, 0.3) is 0 Å². The van der Waals surface area contributed by atoms with Crippen LogP contribution in [0, 0.1) is 0 Å². The van der Waals surface area contributed by atoms with Crippen LogP contribution in [0.4, 0.5) is 8.78 Å². The molecule has 126 valence electrons. The zero-order valence-electron chi connectivity index (χ0n) is 13.0. The third kappa shape index (κ3) is 4.08. The number of carbonyl (C=O) groups excluding carboxylic acids is 1. The first-order valence-corrected chi connectivity index (χ1v) is 7.72. The lowest BCUT2D eigenvalue weighted by atomic mass is 10.1. The van der Waals surface area contributed by atoms with Crippen LogP contribution in [0.5, 0.6) is 5.75 Å². The molecule has 0 radical (unpaired) electrons. The number of alkyl halides is 2. The topological polar surface area (TPSA) is 50.4 Å². The van der Waals surface area contributed by atoms with E-state index in [1.807, 2.05) is 6.07 Å². The van der Waals surface area contributed by atoms with Crippen LogP contribution in [0.2, 0.25) is 0 Å². The second-order valence-electron chi connectivity index (χ2n) is 5.65. The molecule has 0 saturated heterocycles. The maximum atomic E-state index is 12.4. The summed E-state index contributed by atoms with van der Waals surface area (Å²) >= 11 is 0. The number of carbonyl (C=O) groups is 1. The van der Waals surface area contributed by atoms with E-state index >= 15 is 0 Å². The number of ether oxygens (including phenoxy) is 1. The molecule has 1 heterocycles. The smallest absolute Gasteiger partial charge is 0.387 e. The van der Waals surface area contributed by atoms with Crippen LogP contribution in [-0.2, 0) is 30.8 Å². The van der Waals surface area contributed by atoms with Gasteiger partial charge in [-0.1, -0.05) is 36.4 Å². The molecule has 2 aromatic rings. The average Bonchev–Trinajstić information content (AvgIpc) is 3.02. The molecule has 0 atom stereocenters. The number of fused-ring (bicyclic) bond motifs is 1. The summed E-state index contributed by atoms with van der Waals surface area (Å²) in [5, 5.41) is 6.09. The fourth-order valence-electron chi connectivity index (χ4n) is 2.76. The molecule has 1 amide bonds. The van der Waals surface area contributed by atoms with Crippen LogP contribution >= 0.6 is 0 Å². The van der Waals surface area contributed by atoms with E-state index in [0.717, 1.165) is 18.7 Å². The van der Waals surface area contributed by atoms with E-state index in [9.17, 15) is 13.6 Å². The summed E-state index contributed by atoms with van der Waals surface area (Å²) in [5.41, 5.74) is 3.98. The minimum Gasteiger partial charge on any atom is -0.435 e. The Kier molecular flexibility index (Phi) is 5.05. The van der Waals surface area contributed by atoms with Gasteiger partial charge in [-0.3, -0.25) is 4.79 Å². The highest BCUT2D eigenvalue weighted by molar-refractivity contribution is 5.79. The minimum atomic E-state index is -2.91. The number of amides is 1. The highest BCUT2D eigenvalue weighted by atomic mass is 19.3. The Morgan fingerprint density at radius 2 is 1.96 bits per heavy atom. The summed E-state index contributed by atoms with van der Waals surface area (Å²) in [5.74, 6) is -0.204. The van der Waals surface area contributed by atoms with E-state index in [4.69, 9.17) is 0 Å². The van der Waals surface area contributed by atoms with Gasteiger partial charge in [0, 0.05) is 25.2 Å². The zero-order chi connectivity index (χ0) is 16.9. The van der Waals surface area contributed by atoms with Crippen molar-refractivity contribution in [3.8, 4) is 5.75 Å². The fourth-order valence-corrected chi connectivity index (χ4v) is 2.76. The van der Waals surface area contributed by atoms with Gasteiger partial charge in [0.1, 0.15) is 5.75 Å². The lowest BCUT2D eigenvalue weighted by molar-refractivity contribution is -0.120. The van der Waals surface area contributed by atoms with Crippen molar-refractivity contribution in [2.24, 2.45) is 0 Å².